The van der Waals surface area contributed by atoms with Gasteiger partial charge in [0.15, 0.2) is 0 Å². The summed E-state index contributed by atoms with van der Waals surface area (Å²) in [5, 5.41) is 8.16. The molecule has 116 valence electrons. The number of hydrogen-bond acceptors (Lipinski definition) is 3. The zero-order chi connectivity index (χ0) is 16.1. The minimum absolute atomic E-state index is 0.252. The molecule has 0 saturated heterocycles. The van der Waals surface area contributed by atoms with E-state index < -0.39 is 11.7 Å². The Balaban J connectivity index is 2.00. The van der Waals surface area contributed by atoms with Crippen molar-refractivity contribution >= 4 is 16.8 Å². The Bertz CT molecular complexity index is 943. The number of hydrogen-bond donors (Lipinski definition) is 2. The molecule has 0 aliphatic heterocycles. The number of aryl methyl sites for hydroxylation is 1. The lowest BCUT2D eigenvalue weighted by atomic mass is 10.0. The maximum atomic E-state index is 13.7. The highest BCUT2D eigenvalue weighted by Crippen LogP contribution is 2.43. The molecule has 5 nitrogen and oxygen atoms in total. The quantitative estimate of drug-likeness (QED) is 0.779. The Labute approximate surface area is 131 Å². The number of rotatable bonds is 3. The summed E-state index contributed by atoms with van der Waals surface area (Å²) in [4.78, 5) is 16.3. The molecule has 0 atom stereocenters. The first-order chi connectivity index (χ1) is 11.0. The van der Waals surface area contributed by atoms with Crippen LogP contribution >= 0.6 is 0 Å². The fourth-order valence-corrected chi connectivity index (χ4v) is 2.96. The molecule has 1 aliphatic carbocycles. The van der Waals surface area contributed by atoms with Crippen LogP contribution in [0.1, 0.15) is 40.5 Å². The number of amides is 1. The number of benzene rings is 1. The minimum Gasteiger partial charge on any atom is -0.366 e. The zero-order valence-corrected chi connectivity index (χ0v) is 12.6. The van der Waals surface area contributed by atoms with Crippen molar-refractivity contribution in [3.8, 4) is 11.3 Å². The van der Waals surface area contributed by atoms with Crippen molar-refractivity contribution in [2.24, 2.45) is 5.73 Å². The van der Waals surface area contributed by atoms with Crippen molar-refractivity contribution in [3.05, 3.63) is 47.0 Å². The zero-order valence-electron chi connectivity index (χ0n) is 12.6. The molecule has 1 aliphatic rings. The number of nitrogens with zero attached hydrogens (tertiary/aromatic N) is 2. The Morgan fingerprint density at radius 3 is 2.83 bits per heavy atom. The normalized spacial score (nSPS) is 14.3. The molecule has 1 fully saturated rings. The molecule has 3 N–H and O–H groups in total. The highest BCUT2D eigenvalue weighted by atomic mass is 19.1. The Kier molecular flexibility index (Phi) is 2.94. The molecule has 0 bridgehead atoms. The minimum atomic E-state index is -0.607. The van der Waals surface area contributed by atoms with Gasteiger partial charge in [0, 0.05) is 28.1 Å². The number of fused-ring (bicyclic) bond motifs is 1. The van der Waals surface area contributed by atoms with Crippen LogP contribution in [-0.2, 0) is 0 Å². The molecule has 0 unspecified atom stereocenters. The van der Waals surface area contributed by atoms with Crippen molar-refractivity contribution in [1.29, 1.82) is 0 Å². The Morgan fingerprint density at radius 2 is 2.13 bits per heavy atom. The molecule has 0 spiro atoms. The largest absolute Gasteiger partial charge is 0.366 e. The van der Waals surface area contributed by atoms with Gasteiger partial charge < -0.3 is 5.73 Å². The average molecular weight is 310 g/mol. The SMILES string of the molecule is Cc1cc2c(-c3cc(F)ccc3C(N)=O)n[nH]c2c(C2CC2)n1. The molecule has 0 radical (unpaired) electrons. The highest BCUT2D eigenvalue weighted by molar-refractivity contribution is 6.04. The third-order valence-corrected chi connectivity index (χ3v) is 4.18. The number of halogens is 1. The first-order valence-corrected chi connectivity index (χ1v) is 7.50. The summed E-state index contributed by atoms with van der Waals surface area (Å²) in [5.41, 5.74) is 9.33. The summed E-state index contributed by atoms with van der Waals surface area (Å²) in [6.45, 7) is 1.92. The molecule has 1 aromatic carbocycles. The average Bonchev–Trinajstić information content (AvgIpc) is 3.26. The number of aromatic nitrogens is 3. The number of carbonyl (C=O) groups excluding carboxylic acids is 1. The van der Waals surface area contributed by atoms with Gasteiger partial charge in [-0.1, -0.05) is 0 Å². The van der Waals surface area contributed by atoms with E-state index in [2.05, 4.69) is 15.2 Å². The molecular formula is C17H15FN4O. The maximum absolute atomic E-state index is 13.7. The first-order valence-electron chi connectivity index (χ1n) is 7.50. The monoisotopic (exact) mass is 310 g/mol. The third kappa shape index (κ3) is 2.27. The van der Waals surface area contributed by atoms with Crippen LogP contribution in [0, 0.1) is 12.7 Å². The van der Waals surface area contributed by atoms with Gasteiger partial charge in [0.25, 0.3) is 0 Å². The molecule has 3 aromatic rings. The predicted octanol–water partition coefficient (Wildman–Crippen LogP) is 3.05. The fourth-order valence-electron chi connectivity index (χ4n) is 2.96. The van der Waals surface area contributed by atoms with Crippen LogP contribution in [0.15, 0.2) is 24.3 Å². The second kappa shape index (κ2) is 4.87. The summed E-state index contributed by atoms with van der Waals surface area (Å²) in [6.07, 6.45) is 2.23. The van der Waals surface area contributed by atoms with E-state index in [1.807, 2.05) is 13.0 Å². The lowest BCUT2D eigenvalue weighted by Crippen LogP contribution is -2.12. The Hall–Kier alpha value is -2.76. The standard InChI is InChI=1S/C17H15FN4O/c1-8-6-13-15(12-7-10(18)4-5-11(12)17(19)23)21-22-16(13)14(20-8)9-2-3-9/h4-7,9H,2-3H2,1H3,(H2,19,23)(H,21,22). The third-order valence-electron chi connectivity index (χ3n) is 4.18. The number of nitrogens with two attached hydrogens (primary N) is 1. The Morgan fingerprint density at radius 1 is 1.35 bits per heavy atom. The lowest BCUT2D eigenvalue weighted by molar-refractivity contribution is 0.100. The number of aromatic amines is 1. The van der Waals surface area contributed by atoms with Gasteiger partial charge in [-0.25, -0.2) is 4.39 Å². The molecule has 2 aromatic heterocycles. The number of carbonyl (C=O) groups is 1. The molecule has 1 amide bonds. The topological polar surface area (TPSA) is 84.7 Å². The van der Waals surface area contributed by atoms with Crippen LogP contribution in [0.25, 0.3) is 22.2 Å². The molecule has 4 rings (SSSR count). The predicted molar refractivity (Wildman–Crippen MR) is 84.5 cm³/mol. The van der Waals surface area contributed by atoms with Crippen LogP contribution in [0.2, 0.25) is 0 Å². The van der Waals surface area contributed by atoms with Crippen molar-refractivity contribution in [3.63, 3.8) is 0 Å². The molecule has 23 heavy (non-hydrogen) atoms. The van der Waals surface area contributed by atoms with E-state index in [-0.39, 0.29) is 5.56 Å². The first kappa shape index (κ1) is 13.9. The van der Waals surface area contributed by atoms with Gasteiger partial charge in [0.2, 0.25) is 5.91 Å². The van der Waals surface area contributed by atoms with Gasteiger partial charge in [0.1, 0.15) is 11.5 Å². The van der Waals surface area contributed by atoms with Gasteiger partial charge in [-0.2, -0.15) is 5.10 Å². The number of nitrogens with one attached hydrogen (secondary N) is 1. The van der Waals surface area contributed by atoms with Gasteiger partial charge in [0.05, 0.1) is 11.2 Å². The van der Waals surface area contributed by atoms with E-state index in [0.717, 1.165) is 35.1 Å². The van der Waals surface area contributed by atoms with Crippen LogP contribution in [-0.4, -0.2) is 21.1 Å². The van der Waals surface area contributed by atoms with Crippen molar-refractivity contribution in [2.45, 2.75) is 25.7 Å². The van der Waals surface area contributed by atoms with Crippen LogP contribution in [0.4, 0.5) is 4.39 Å². The molecule has 2 heterocycles. The van der Waals surface area contributed by atoms with E-state index in [1.54, 1.807) is 0 Å². The van der Waals surface area contributed by atoms with Gasteiger partial charge in [-0.05, 0) is 44.0 Å². The van der Waals surface area contributed by atoms with Crippen LogP contribution in [0.3, 0.4) is 0 Å². The number of pyridine rings is 1. The smallest absolute Gasteiger partial charge is 0.249 e. The number of primary amides is 1. The summed E-state index contributed by atoms with van der Waals surface area (Å²) in [7, 11) is 0. The fraction of sp³-hybridized carbons (Fsp3) is 0.235. The summed E-state index contributed by atoms with van der Waals surface area (Å²) in [6, 6.07) is 5.81. The van der Waals surface area contributed by atoms with E-state index in [1.165, 1.54) is 18.2 Å². The molecule has 1 saturated carbocycles. The lowest BCUT2D eigenvalue weighted by Gasteiger charge is -2.06. The van der Waals surface area contributed by atoms with Crippen molar-refractivity contribution < 1.29 is 9.18 Å². The van der Waals surface area contributed by atoms with Crippen LogP contribution in [0.5, 0.6) is 0 Å². The van der Waals surface area contributed by atoms with Crippen molar-refractivity contribution in [1.82, 2.24) is 15.2 Å². The van der Waals surface area contributed by atoms with E-state index in [0.29, 0.717) is 17.2 Å². The van der Waals surface area contributed by atoms with E-state index in [9.17, 15) is 9.18 Å². The maximum Gasteiger partial charge on any atom is 0.249 e. The summed E-state index contributed by atoms with van der Waals surface area (Å²) in [5.74, 6) is -0.590. The van der Waals surface area contributed by atoms with Gasteiger partial charge >= 0.3 is 0 Å². The molecular weight excluding hydrogens is 295 g/mol. The second-order valence-corrected chi connectivity index (χ2v) is 5.97. The molecule has 6 heteroatoms. The summed E-state index contributed by atoms with van der Waals surface area (Å²) < 4.78 is 13.7. The van der Waals surface area contributed by atoms with Gasteiger partial charge in [-0.3, -0.25) is 14.9 Å². The highest BCUT2D eigenvalue weighted by Gasteiger charge is 2.29. The summed E-state index contributed by atoms with van der Waals surface area (Å²) >= 11 is 0. The second-order valence-electron chi connectivity index (χ2n) is 5.97. The van der Waals surface area contributed by atoms with Crippen LogP contribution < -0.4 is 5.73 Å². The van der Waals surface area contributed by atoms with Gasteiger partial charge in [-0.15, -0.1) is 0 Å². The van der Waals surface area contributed by atoms with Crippen molar-refractivity contribution in [2.75, 3.05) is 0 Å². The number of H-pyrrole nitrogens is 1. The van der Waals surface area contributed by atoms with E-state index in [4.69, 9.17) is 5.73 Å². The van der Waals surface area contributed by atoms with E-state index >= 15 is 0 Å².